The van der Waals surface area contributed by atoms with E-state index in [1.54, 1.807) is 25.1 Å². The van der Waals surface area contributed by atoms with Gasteiger partial charge >= 0.3 is 5.97 Å². The Morgan fingerprint density at radius 1 is 1.32 bits per heavy atom. The minimum atomic E-state index is -0.671. The summed E-state index contributed by atoms with van der Waals surface area (Å²) in [4.78, 5) is 35.0. The molecule has 0 aliphatic rings. The van der Waals surface area contributed by atoms with Gasteiger partial charge in [-0.05, 0) is 54.1 Å². The SMILES string of the molecule is CCCNC(=O)[C@@H](C)NC(=O)COC(=O)c1cccc(I)c1. The molecule has 7 heteroatoms. The lowest BCUT2D eigenvalue weighted by Gasteiger charge is -2.13. The summed E-state index contributed by atoms with van der Waals surface area (Å²) in [6.07, 6.45) is 0.819. The minimum Gasteiger partial charge on any atom is -0.452 e. The largest absolute Gasteiger partial charge is 0.452 e. The highest BCUT2D eigenvalue weighted by atomic mass is 127. The highest BCUT2D eigenvalue weighted by molar-refractivity contribution is 14.1. The first-order valence-corrected chi connectivity index (χ1v) is 8.01. The van der Waals surface area contributed by atoms with Gasteiger partial charge in [0.15, 0.2) is 6.61 Å². The van der Waals surface area contributed by atoms with Crippen LogP contribution in [-0.4, -0.2) is 37.0 Å². The molecule has 0 fully saturated rings. The van der Waals surface area contributed by atoms with Crippen LogP contribution in [0.25, 0.3) is 0 Å². The Kier molecular flexibility index (Phi) is 7.86. The fourth-order valence-corrected chi connectivity index (χ4v) is 2.12. The lowest BCUT2D eigenvalue weighted by molar-refractivity contribution is -0.130. The van der Waals surface area contributed by atoms with Gasteiger partial charge in [-0.3, -0.25) is 9.59 Å². The van der Waals surface area contributed by atoms with Crippen LogP contribution in [0.15, 0.2) is 24.3 Å². The number of nitrogens with one attached hydrogen (secondary N) is 2. The normalized spacial score (nSPS) is 11.4. The number of benzene rings is 1. The summed E-state index contributed by atoms with van der Waals surface area (Å²) in [6, 6.07) is 6.19. The van der Waals surface area contributed by atoms with Gasteiger partial charge in [0.2, 0.25) is 5.91 Å². The molecular weight excluding hydrogens is 399 g/mol. The molecule has 0 aliphatic heterocycles. The molecule has 0 aromatic heterocycles. The third-order valence-electron chi connectivity index (χ3n) is 2.71. The van der Waals surface area contributed by atoms with Crippen molar-refractivity contribution in [2.24, 2.45) is 0 Å². The molecule has 22 heavy (non-hydrogen) atoms. The van der Waals surface area contributed by atoms with Crippen LogP contribution in [0.4, 0.5) is 0 Å². The van der Waals surface area contributed by atoms with Crippen molar-refractivity contribution >= 4 is 40.4 Å². The molecule has 2 N–H and O–H groups in total. The first-order valence-electron chi connectivity index (χ1n) is 6.93. The van der Waals surface area contributed by atoms with Crippen LogP contribution in [-0.2, 0) is 14.3 Å². The molecule has 1 rings (SSSR count). The van der Waals surface area contributed by atoms with E-state index in [0.29, 0.717) is 12.1 Å². The highest BCUT2D eigenvalue weighted by Gasteiger charge is 2.16. The summed E-state index contributed by atoms with van der Waals surface area (Å²) in [5.41, 5.74) is 0.383. The third kappa shape index (κ3) is 6.42. The monoisotopic (exact) mass is 418 g/mol. The van der Waals surface area contributed by atoms with Gasteiger partial charge in [-0.2, -0.15) is 0 Å². The molecule has 6 nitrogen and oxygen atoms in total. The zero-order chi connectivity index (χ0) is 16.5. The maximum atomic E-state index is 11.8. The zero-order valence-electron chi connectivity index (χ0n) is 12.5. The smallest absolute Gasteiger partial charge is 0.338 e. The lowest BCUT2D eigenvalue weighted by Crippen LogP contribution is -2.46. The Morgan fingerprint density at radius 3 is 2.68 bits per heavy atom. The summed E-state index contributed by atoms with van der Waals surface area (Å²) in [5.74, 6) is -1.35. The number of hydrogen-bond donors (Lipinski definition) is 2. The predicted molar refractivity (Wildman–Crippen MR) is 90.3 cm³/mol. The molecule has 120 valence electrons. The van der Waals surface area contributed by atoms with Crippen LogP contribution < -0.4 is 10.6 Å². The average molecular weight is 418 g/mol. The topological polar surface area (TPSA) is 84.5 Å². The molecule has 0 radical (unpaired) electrons. The first-order chi connectivity index (χ1) is 10.4. The van der Waals surface area contributed by atoms with E-state index in [9.17, 15) is 14.4 Å². The zero-order valence-corrected chi connectivity index (χ0v) is 14.7. The first kappa shape index (κ1) is 18.4. The minimum absolute atomic E-state index is 0.265. The number of ether oxygens (including phenoxy) is 1. The molecule has 0 heterocycles. The van der Waals surface area contributed by atoms with Crippen molar-refractivity contribution in [3.8, 4) is 0 Å². The van der Waals surface area contributed by atoms with E-state index in [0.717, 1.165) is 9.99 Å². The maximum absolute atomic E-state index is 11.8. The van der Waals surface area contributed by atoms with E-state index in [2.05, 4.69) is 33.2 Å². The standard InChI is InChI=1S/C15H19IN2O4/c1-3-7-17-14(20)10(2)18-13(19)9-22-15(21)11-5-4-6-12(16)8-11/h4-6,8,10H,3,7,9H2,1-2H3,(H,17,20)(H,18,19)/t10-/m1/s1. The molecule has 1 aromatic carbocycles. The number of carbonyl (C=O) groups excluding carboxylic acids is 3. The Balaban J connectivity index is 2.39. The van der Waals surface area contributed by atoms with Gasteiger partial charge in [0.25, 0.3) is 5.91 Å². The fraction of sp³-hybridized carbons (Fsp3) is 0.400. The van der Waals surface area contributed by atoms with E-state index in [1.165, 1.54) is 0 Å². The van der Waals surface area contributed by atoms with Crippen molar-refractivity contribution in [1.82, 2.24) is 10.6 Å². The van der Waals surface area contributed by atoms with Gasteiger partial charge in [0, 0.05) is 10.1 Å². The maximum Gasteiger partial charge on any atom is 0.338 e. The van der Waals surface area contributed by atoms with Crippen molar-refractivity contribution < 1.29 is 19.1 Å². The molecule has 0 bridgehead atoms. The van der Waals surface area contributed by atoms with E-state index < -0.39 is 24.5 Å². The van der Waals surface area contributed by atoms with Crippen LogP contribution in [0.2, 0.25) is 0 Å². The molecular formula is C15H19IN2O4. The van der Waals surface area contributed by atoms with E-state index in [-0.39, 0.29) is 5.91 Å². The summed E-state index contributed by atoms with van der Waals surface area (Å²) in [6.45, 7) is 3.65. The average Bonchev–Trinajstić information content (AvgIpc) is 2.50. The van der Waals surface area contributed by atoms with Crippen molar-refractivity contribution in [3.05, 3.63) is 33.4 Å². The van der Waals surface area contributed by atoms with Gasteiger partial charge in [-0.25, -0.2) is 4.79 Å². The number of carbonyl (C=O) groups is 3. The molecule has 0 spiro atoms. The van der Waals surface area contributed by atoms with Crippen LogP contribution >= 0.6 is 22.6 Å². The second-order valence-electron chi connectivity index (χ2n) is 4.67. The van der Waals surface area contributed by atoms with Crippen molar-refractivity contribution in [2.45, 2.75) is 26.3 Å². The molecule has 0 saturated heterocycles. The van der Waals surface area contributed by atoms with E-state index in [4.69, 9.17) is 4.74 Å². The highest BCUT2D eigenvalue weighted by Crippen LogP contribution is 2.08. The number of amides is 2. The number of rotatable bonds is 7. The van der Waals surface area contributed by atoms with Crippen molar-refractivity contribution in [2.75, 3.05) is 13.2 Å². The Hall–Kier alpha value is -1.64. The Bertz CT molecular complexity index is 548. The van der Waals surface area contributed by atoms with Crippen molar-refractivity contribution in [3.63, 3.8) is 0 Å². The summed E-state index contributed by atoms with van der Waals surface area (Å²) in [5, 5.41) is 5.15. The van der Waals surface area contributed by atoms with Gasteiger partial charge < -0.3 is 15.4 Å². The van der Waals surface area contributed by atoms with E-state index >= 15 is 0 Å². The Morgan fingerprint density at radius 2 is 2.05 bits per heavy atom. The molecule has 2 amide bonds. The van der Waals surface area contributed by atoms with Gasteiger partial charge in [0.1, 0.15) is 6.04 Å². The van der Waals surface area contributed by atoms with Gasteiger partial charge in [-0.1, -0.05) is 13.0 Å². The number of halogens is 1. The summed E-state index contributed by atoms with van der Waals surface area (Å²) in [7, 11) is 0. The van der Waals surface area contributed by atoms with Crippen molar-refractivity contribution in [1.29, 1.82) is 0 Å². The van der Waals surface area contributed by atoms with Crippen LogP contribution in [0.1, 0.15) is 30.6 Å². The molecule has 1 atom stereocenters. The van der Waals surface area contributed by atoms with Gasteiger partial charge in [0.05, 0.1) is 5.56 Å². The van der Waals surface area contributed by atoms with Gasteiger partial charge in [-0.15, -0.1) is 0 Å². The number of hydrogen-bond acceptors (Lipinski definition) is 4. The molecule has 1 aromatic rings. The van der Waals surface area contributed by atoms with Crippen LogP contribution in [0, 0.1) is 3.57 Å². The summed E-state index contributed by atoms with van der Waals surface area (Å²) < 4.78 is 5.82. The summed E-state index contributed by atoms with van der Waals surface area (Å²) >= 11 is 2.08. The quantitative estimate of drug-likeness (QED) is 0.519. The van der Waals surface area contributed by atoms with Crippen LogP contribution in [0.3, 0.4) is 0 Å². The van der Waals surface area contributed by atoms with E-state index in [1.807, 2.05) is 13.0 Å². The molecule has 0 aliphatic carbocycles. The predicted octanol–water partition coefficient (Wildman–Crippen LogP) is 1.48. The Labute approximate surface area is 143 Å². The lowest BCUT2D eigenvalue weighted by atomic mass is 10.2. The molecule has 0 unspecified atom stereocenters. The third-order valence-corrected chi connectivity index (χ3v) is 3.39. The second-order valence-corrected chi connectivity index (χ2v) is 5.91. The molecule has 0 saturated carbocycles. The fourth-order valence-electron chi connectivity index (χ4n) is 1.58. The second kappa shape index (κ2) is 9.39. The van der Waals surface area contributed by atoms with Crippen LogP contribution in [0.5, 0.6) is 0 Å². The number of esters is 1.